The summed E-state index contributed by atoms with van der Waals surface area (Å²) in [5, 5.41) is 12.0. The summed E-state index contributed by atoms with van der Waals surface area (Å²) < 4.78 is 1.86. The topological polar surface area (TPSA) is 70.7 Å². The Bertz CT molecular complexity index is 451. The Kier molecular flexibility index (Phi) is 3.14. The van der Waals surface area contributed by atoms with Crippen LogP contribution in [-0.4, -0.2) is 15.5 Å². The first-order valence-corrected chi connectivity index (χ1v) is 5.84. The van der Waals surface area contributed by atoms with Crippen molar-refractivity contribution in [1.82, 2.24) is 14.9 Å². The number of nitrogens with zero attached hydrogens (tertiary/aromatic N) is 3. The zero-order valence-corrected chi connectivity index (χ0v) is 9.94. The van der Waals surface area contributed by atoms with E-state index < -0.39 is 5.41 Å². The van der Waals surface area contributed by atoms with Gasteiger partial charge in [0.1, 0.15) is 11.2 Å². The molecule has 1 aliphatic rings. The minimum atomic E-state index is -0.800. The van der Waals surface area contributed by atoms with E-state index in [1.807, 2.05) is 17.8 Å². The van der Waals surface area contributed by atoms with Gasteiger partial charge in [-0.1, -0.05) is 12.8 Å². The molecule has 1 fully saturated rings. The number of carbonyl (C=O) groups is 1. The molecule has 17 heavy (non-hydrogen) atoms. The second-order valence-corrected chi connectivity index (χ2v) is 4.54. The van der Waals surface area contributed by atoms with E-state index in [1.165, 1.54) is 0 Å². The van der Waals surface area contributed by atoms with Crippen molar-refractivity contribution in [3.05, 3.63) is 18.2 Å². The van der Waals surface area contributed by atoms with E-state index in [0.29, 0.717) is 19.4 Å². The van der Waals surface area contributed by atoms with Crippen LogP contribution in [-0.2, 0) is 18.4 Å². The minimum absolute atomic E-state index is 0.152. The molecule has 90 valence electrons. The fraction of sp³-hybridized carbons (Fsp3) is 0.583. The monoisotopic (exact) mass is 232 g/mol. The van der Waals surface area contributed by atoms with Crippen molar-refractivity contribution in [3.63, 3.8) is 0 Å². The van der Waals surface area contributed by atoms with Gasteiger partial charge < -0.3 is 9.88 Å². The van der Waals surface area contributed by atoms with Gasteiger partial charge in [-0.3, -0.25) is 4.79 Å². The number of nitriles is 1. The SMILES string of the molecule is Cn1ccnc1CNC(=O)C1(C#N)CCCC1. The van der Waals surface area contributed by atoms with E-state index in [2.05, 4.69) is 16.4 Å². The minimum Gasteiger partial charge on any atom is -0.347 e. The van der Waals surface area contributed by atoms with Gasteiger partial charge in [0.15, 0.2) is 0 Å². The molecule has 1 heterocycles. The first-order chi connectivity index (χ1) is 8.18. The average Bonchev–Trinajstić information content (AvgIpc) is 2.95. The van der Waals surface area contributed by atoms with Gasteiger partial charge in [-0.15, -0.1) is 0 Å². The Morgan fingerprint density at radius 2 is 2.35 bits per heavy atom. The summed E-state index contributed by atoms with van der Waals surface area (Å²) in [7, 11) is 1.88. The number of hydrogen-bond acceptors (Lipinski definition) is 3. The van der Waals surface area contributed by atoms with E-state index in [0.717, 1.165) is 18.7 Å². The zero-order valence-electron chi connectivity index (χ0n) is 9.94. The molecule has 0 radical (unpaired) electrons. The maximum Gasteiger partial charge on any atom is 0.240 e. The molecule has 5 nitrogen and oxygen atoms in total. The van der Waals surface area contributed by atoms with Crippen LogP contribution in [0.4, 0.5) is 0 Å². The highest BCUT2D eigenvalue weighted by molar-refractivity contribution is 5.85. The predicted octanol–water partition coefficient (Wildman–Crippen LogP) is 1.12. The standard InChI is InChI=1S/C12H16N4O/c1-16-7-6-14-10(16)8-15-11(17)12(9-13)4-2-3-5-12/h6-7H,2-5,8H2,1H3,(H,15,17). The summed E-state index contributed by atoms with van der Waals surface area (Å²) in [6.45, 7) is 0.381. The fourth-order valence-corrected chi connectivity index (χ4v) is 2.26. The number of amides is 1. The maximum absolute atomic E-state index is 12.0. The summed E-state index contributed by atoms with van der Waals surface area (Å²) in [4.78, 5) is 16.2. The molecule has 1 aliphatic carbocycles. The molecule has 0 aromatic carbocycles. The molecule has 5 heteroatoms. The van der Waals surface area contributed by atoms with Gasteiger partial charge in [0.25, 0.3) is 0 Å². The highest BCUT2D eigenvalue weighted by Gasteiger charge is 2.41. The van der Waals surface area contributed by atoms with Crippen LogP contribution in [0.25, 0.3) is 0 Å². The third-order valence-corrected chi connectivity index (χ3v) is 3.43. The molecule has 0 aliphatic heterocycles. The van der Waals surface area contributed by atoms with Crippen LogP contribution in [0.5, 0.6) is 0 Å². The molecule has 1 aromatic heterocycles. The van der Waals surface area contributed by atoms with Crippen LogP contribution in [0.3, 0.4) is 0 Å². The lowest BCUT2D eigenvalue weighted by Crippen LogP contribution is -2.38. The molecule has 0 spiro atoms. The largest absolute Gasteiger partial charge is 0.347 e. The highest BCUT2D eigenvalue weighted by atomic mass is 16.2. The summed E-state index contributed by atoms with van der Waals surface area (Å²) in [5.41, 5.74) is -0.800. The molecule has 0 saturated heterocycles. The number of aryl methyl sites for hydroxylation is 1. The van der Waals surface area contributed by atoms with Gasteiger partial charge in [-0.25, -0.2) is 4.98 Å². The smallest absolute Gasteiger partial charge is 0.240 e. The quantitative estimate of drug-likeness (QED) is 0.849. The number of carbonyl (C=O) groups excluding carboxylic acids is 1. The average molecular weight is 232 g/mol. The lowest BCUT2D eigenvalue weighted by Gasteiger charge is -2.18. The Balaban J connectivity index is 1.98. The molecule has 0 atom stereocenters. The normalized spacial score (nSPS) is 17.6. The molecule has 2 rings (SSSR count). The third-order valence-electron chi connectivity index (χ3n) is 3.43. The summed E-state index contributed by atoms with van der Waals surface area (Å²) >= 11 is 0. The van der Waals surface area contributed by atoms with Crippen molar-refractivity contribution >= 4 is 5.91 Å². The Morgan fingerprint density at radius 1 is 1.65 bits per heavy atom. The Hall–Kier alpha value is -1.83. The first kappa shape index (κ1) is 11.6. The maximum atomic E-state index is 12.0. The lowest BCUT2D eigenvalue weighted by atomic mass is 9.87. The molecule has 1 amide bonds. The van der Waals surface area contributed by atoms with E-state index in [1.54, 1.807) is 6.20 Å². The van der Waals surface area contributed by atoms with Gasteiger partial charge >= 0.3 is 0 Å². The molecule has 0 unspecified atom stereocenters. The number of rotatable bonds is 3. The van der Waals surface area contributed by atoms with Crippen LogP contribution in [0.2, 0.25) is 0 Å². The summed E-state index contributed by atoms with van der Waals surface area (Å²) in [6, 6.07) is 2.18. The van der Waals surface area contributed by atoms with Crippen molar-refractivity contribution in [3.8, 4) is 6.07 Å². The van der Waals surface area contributed by atoms with Gasteiger partial charge in [0.05, 0.1) is 12.6 Å². The number of imidazole rings is 1. The van der Waals surface area contributed by atoms with Gasteiger partial charge in [0, 0.05) is 19.4 Å². The molecule has 1 saturated carbocycles. The first-order valence-electron chi connectivity index (χ1n) is 5.84. The van der Waals surface area contributed by atoms with Gasteiger partial charge in [0.2, 0.25) is 5.91 Å². The van der Waals surface area contributed by atoms with Crippen molar-refractivity contribution in [1.29, 1.82) is 5.26 Å². The number of hydrogen-bond donors (Lipinski definition) is 1. The number of nitrogens with one attached hydrogen (secondary N) is 1. The predicted molar refractivity (Wildman–Crippen MR) is 61.6 cm³/mol. The van der Waals surface area contributed by atoms with E-state index in [-0.39, 0.29) is 5.91 Å². The lowest BCUT2D eigenvalue weighted by molar-refractivity contribution is -0.128. The third kappa shape index (κ3) is 2.16. The second kappa shape index (κ2) is 4.58. The molecular formula is C12H16N4O. The van der Waals surface area contributed by atoms with Crippen LogP contribution >= 0.6 is 0 Å². The Morgan fingerprint density at radius 3 is 2.88 bits per heavy atom. The zero-order chi connectivity index (χ0) is 12.3. The van der Waals surface area contributed by atoms with Gasteiger partial charge in [-0.05, 0) is 12.8 Å². The summed E-state index contributed by atoms with van der Waals surface area (Å²) in [6.07, 6.45) is 6.80. The molecule has 1 aromatic rings. The van der Waals surface area contributed by atoms with Crippen LogP contribution in [0.15, 0.2) is 12.4 Å². The fourth-order valence-electron chi connectivity index (χ4n) is 2.26. The number of aromatic nitrogens is 2. The van der Waals surface area contributed by atoms with Crippen LogP contribution < -0.4 is 5.32 Å². The van der Waals surface area contributed by atoms with Crippen molar-refractivity contribution in [2.75, 3.05) is 0 Å². The molecular weight excluding hydrogens is 216 g/mol. The highest BCUT2D eigenvalue weighted by Crippen LogP contribution is 2.37. The van der Waals surface area contributed by atoms with E-state index >= 15 is 0 Å². The van der Waals surface area contributed by atoms with Crippen molar-refractivity contribution in [2.24, 2.45) is 12.5 Å². The van der Waals surface area contributed by atoms with Crippen molar-refractivity contribution in [2.45, 2.75) is 32.2 Å². The van der Waals surface area contributed by atoms with Crippen LogP contribution in [0.1, 0.15) is 31.5 Å². The molecule has 0 bridgehead atoms. The van der Waals surface area contributed by atoms with E-state index in [4.69, 9.17) is 5.26 Å². The summed E-state index contributed by atoms with van der Waals surface area (Å²) in [5.74, 6) is 0.643. The van der Waals surface area contributed by atoms with E-state index in [9.17, 15) is 4.79 Å². The molecule has 1 N–H and O–H groups in total. The van der Waals surface area contributed by atoms with Crippen molar-refractivity contribution < 1.29 is 4.79 Å². The van der Waals surface area contributed by atoms with Crippen LogP contribution in [0, 0.1) is 16.7 Å². The Labute approximate surface area is 100 Å². The van der Waals surface area contributed by atoms with Gasteiger partial charge in [-0.2, -0.15) is 5.26 Å². The second-order valence-electron chi connectivity index (χ2n) is 4.54.